The molecule has 1 unspecified atom stereocenters. The van der Waals surface area contributed by atoms with E-state index in [0.29, 0.717) is 11.9 Å². The summed E-state index contributed by atoms with van der Waals surface area (Å²) in [5.41, 5.74) is 0. The number of hydrogen-bond acceptors (Lipinski definition) is 5. The molecule has 2 rings (SSSR count). The number of nitrogens with one attached hydrogen (secondary N) is 1. The molecule has 1 fully saturated rings. The molecule has 17 heavy (non-hydrogen) atoms. The van der Waals surface area contributed by atoms with E-state index in [1.165, 1.54) is 19.3 Å². The van der Waals surface area contributed by atoms with E-state index in [1.54, 1.807) is 0 Å². The number of aromatic nitrogens is 2. The largest absolute Gasteiger partial charge is 0.406 e. The molecule has 0 aliphatic heterocycles. The average Bonchev–Trinajstić information content (AvgIpc) is 2.76. The van der Waals surface area contributed by atoms with Crippen molar-refractivity contribution in [3.8, 4) is 0 Å². The van der Waals surface area contributed by atoms with Gasteiger partial charge in [-0.2, -0.15) is 0 Å². The van der Waals surface area contributed by atoms with Crippen LogP contribution in [-0.2, 0) is 0 Å². The summed E-state index contributed by atoms with van der Waals surface area (Å²) in [6, 6.07) is 0.773. The minimum atomic E-state index is 0.110. The molecule has 96 valence electrons. The Morgan fingerprint density at radius 2 is 2.24 bits per heavy atom. The Labute approximate surface area is 103 Å². The molecule has 1 heterocycles. The lowest BCUT2D eigenvalue weighted by atomic mass is 9.85. The Hall–Kier alpha value is -1.10. The van der Waals surface area contributed by atoms with Gasteiger partial charge in [0.25, 0.3) is 0 Å². The Morgan fingerprint density at radius 3 is 2.76 bits per heavy atom. The summed E-state index contributed by atoms with van der Waals surface area (Å²) in [6.07, 6.45) is 4.04. The molecule has 1 aromatic heterocycles. The lowest BCUT2D eigenvalue weighted by Crippen LogP contribution is -2.32. The quantitative estimate of drug-likeness (QED) is 0.821. The summed E-state index contributed by atoms with van der Waals surface area (Å²) >= 11 is 0. The summed E-state index contributed by atoms with van der Waals surface area (Å²) in [7, 11) is 1.89. The molecule has 0 amide bonds. The molecule has 5 nitrogen and oxygen atoms in total. The molecule has 1 N–H and O–H groups in total. The van der Waals surface area contributed by atoms with Crippen LogP contribution in [-0.4, -0.2) is 30.3 Å². The molecular formula is C12H22N4O. The molecule has 1 saturated carbocycles. The van der Waals surface area contributed by atoms with Gasteiger partial charge >= 0.3 is 6.01 Å². The highest BCUT2D eigenvalue weighted by molar-refractivity contribution is 5.24. The van der Waals surface area contributed by atoms with Crippen LogP contribution < -0.4 is 10.2 Å². The fourth-order valence-electron chi connectivity index (χ4n) is 1.98. The minimum absolute atomic E-state index is 0.110. The number of nitrogens with zero attached hydrogens (tertiary/aromatic N) is 3. The van der Waals surface area contributed by atoms with Gasteiger partial charge in [-0.05, 0) is 39.7 Å². The number of hydrogen-bond donors (Lipinski definition) is 1. The Morgan fingerprint density at radius 1 is 1.47 bits per heavy atom. The number of rotatable bonds is 6. The molecule has 0 radical (unpaired) electrons. The first-order valence-corrected chi connectivity index (χ1v) is 6.50. The average molecular weight is 238 g/mol. The van der Waals surface area contributed by atoms with Gasteiger partial charge < -0.3 is 14.6 Å². The maximum Gasteiger partial charge on any atom is 0.318 e. The van der Waals surface area contributed by atoms with Crippen LogP contribution in [0.15, 0.2) is 4.42 Å². The van der Waals surface area contributed by atoms with Gasteiger partial charge in [0.2, 0.25) is 5.89 Å². The van der Waals surface area contributed by atoms with E-state index in [2.05, 4.69) is 27.3 Å². The smallest absolute Gasteiger partial charge is 0.318 e. The fraction of sp³-hybridized carbons (Fsp3) is 0.833. The molecule has 0 aromatic carbocycles. The Bertz CT molecular complexity index is 348. The normalized spacial score (nSPS) is 17.8. The van der Waals surface area contributed by atoms with Crippen LogP contribution in [0.2, 0.25) is 0 Å². The Kier molecular flexibility index (Phi) is 3.99. The van der Waals surface area contributed by atoms with Crippen LogP contribution in [0.5, 0.6) is 0 Å². The lowest BCUT2D eigenvalue weighted by Gasteiger charge is -2.30. The van der Waals surface area contributed by atoms with E-state index in [9.17, 15) is 0 Å². The van der Waals surface area contributed by atoms with Crippen LogP contribution in [0.3, 0.4) is 0 Å². The topological polar surface area (TPSA) is 54.2 Å². The third-order valence-electron chi connectivity index (χ3n) is 3.59. The van der Waals surface area contributed by atoms with Crippen LogP contribution in [0.25, 0.3) is 0 Å². The van der Waals surface area contributed by atoms with Crippen molar-refractivity contribution in [3.05, 3.63) is 5.89 Å². The Balaban J connectivity index is 2.00. The molecule has 1 aliphatic rings. The van der Waals surface area contributed by atoms with Gasteiger partial charge in [0.1, 0.15) is 0 Å². The zero-order valence-corrected chi connectivity index (χ0v) is 10.9. The van der Waals surface area contributed by atoms with Gasteiger partial charge in [0, 0.05) is 13.1 Å². The lowest BCUT2D eigenvalue weighted by molar-refractivity contribution is 0.311. The summed E-state index contributed by atoms with van der Waals surface area (Å²) in [5.74, 6) is 1.47. The van der Waals surface area contributed by atoms with Gasteiger partial charge in [-0.3, -0.25) is 0 Å². The maximum absolute atomic E-state index is 5.70. The first kappa shape index (κ1) is 12.4. The molecule has 1 aromatic rings. The molecule has 5 heteroatoms. The van der Waals surface area contributed by atoms with Gasteiger partial charge in [0.15, 0.2) is 0 Å². The third kappa shape index (κ3) is 2.77. The van der Waals surface area contributed by atoms with Gasteiger partial charge in [0.05, 0.1) is 6.04 Å². The molecular weight excluding hydrogens is 216 g/mol. The first-order valence-electron chi connectivity index (χ1n) is 6.50. The predicted molar refractivity (Wildman–Crippen MR) is 67.0 cm³/mol. The van der Waals surface area contributed by atoms with Crippen molar-refractivity contribution in [2.24, 2.45) is 5.92 Å². The van der Waals surface area contributed by atoms with Crippen molar-refractivity contribution in [2.75, 3.05) is 25.0 Å². The van der Waals surface area contributed by atoms with Gasteiger partial charge in [-0.25, -0.2) is 0 Å². The molecule has 1 atom stereocenters. The minimum Gasteiger partial charge on any atom is -0.406 e. The maximum atomic E-state index is 5.70. The summed E-state index contributed by atoms with van der Waals surface area (Å²) in [6.45, 7) is 6.11. The zero-order valence-electron chi connectivity index (χ0n) is 10.9. The van der Waals surface area contributed by atoms with Crippen molar-refractivity contribution in [2.45, 2.75) is 39.2 Å². The van der Waals surface area contributed by atoms with Crippen molar-refractivity contribution in [1.29, 1.82) is 0 Å². The highest BCUT2D eigenvalue weighted by Crippen LogP contribution is 2.28. The van der Waals surface area contributed by atoms with Crippen molar-refractivity contribution >= 4 is 6.01 Å². The third-order valence-corrected chi connectivity index (χ3v) is 3.59. The fourth-order valence-corrected chi connectivity index (χ4v) is 1.98. The molecule has 0 spiro atoms. The summed E-state index contributed by atoms with van der Waals surface area (Å²) < 4.78 is 5.70. The number of anilines is 1. The van der Waals surface area contributed by atoms with Crippen molar-refractivity contribution in [3.63, 3.8) is 0 Å². The second-order valence-corrected chi connectivity index (χ2v) is 4.77. The van der Waals surface area contributed by atoms with Crippen LogP contribution >= 0.6 is 0 Å². The zero-order chi connectivity index (χ0) is 12.3. The van der Waals surface area contributed by atoms with E-state index in [1.807, 2.05) is 14.0 Å². The van der Waals surface area contributed by atoms with Crippen LogP contribution in [0, 0.1) is 5.92 Å². The van der Waals surface area contributed by atoms with Crippen molar-refractivity contribution < 1.29 is 4.42 Å². The van der Waals surface area contributed by atoms with E-state index < -0.39 is 0 Å². The molecule has 0 bridgehead atoms. The van der Waals surface area contributed by atoms with E-state index in [-0.39, 0.29) is 6.04 Å². The second-order valence-electron chi connectivity index (χ2n) is 4.77. The second kappa shape index (κ2) is 5.49. The highest BCUT2D eigenvalue weighted by atomic mass is 16.4. The standard InChI is InChI=1S/C12H22N4O/c1-4-16(8-10-6-5-7-10)12-15-14-11(17-12)9(2)13-3/h9-10,13H,4-8H2,1-3H3. The highest BCUT2D eigenvalue weighted by Gasteiger charge is 2.23. The molecule has 0 saturated heterocycles. The van der Waals surface area contributed by atoms with E-state index in [0.717, 1.165) is 19.0 Å². The first-order chi connectivity index (χ1) is 8.24. The molecule has 1 aliphatic carbocycles. The monoisotopic (exact) mass is 238 g/mol. The van der Waals surface area contributed by atoms with Gasteiger partial charge in [-0.15, -0.1) is 5.10 Å². The predicted octanol–water partition coefficient (Wildman–Crippen LogP) is 1.98. The SMILES string of the molecule is CCN(CC1CCC1)c1nnc(C(C)NC)o1. The van der Waals surface area contributed by atoms with Crippen LogP contribution in [0.1, 0.15) is 45.0 Å². The summed E-state index contributed by atoms with van der Waals surface area (Å²) in [4.78, 5) is 2.18. The van der Waals surface area contributed by atoms with Crippen molar-refractivity contribution in [1.82, 2.24) is 15.5 Å². The van der Waals surface area contributed by atoms with E-state index >= 15 is 0 Å². The van der Waals surface area contributed by atoms with Gasteiger partial charge in [-0.1, -0.05) is 11.5 Å². The van der Waals surface area contributed by atoms with Crippen LogP contribution in [0.4, 0.5) is 6.01 Å². The van der Waals surface area contributed by atoms with E-state index in [4.69, 9.17) is 4.42 Å². The summed E-state index contributed by atoms with van der Waals surface area (Å²) in [5, 5.41) is 11.3.